The molecule has 1 aliphatic heterocycles. The molecule has 1 N–H and O–H groups in total. The van der Waals surface area contributed by atoms with E-state index >= 15 is 0 Å². The minimum Gasteiger partial charge on any atom is -0.326 e. The Kier molecular flexibility index (Phi) is 6.26. The summed E-state index contributed by atoms with van der Waals surface area (Å²) >= 11 is 0. The van der Waals surface area contributed by atoms with E-state index in [-0.39, 0.29) is 17.2 Å². The third kappa shape index (κ3) is 4.58. The van der Waals surface area contributed by atoms with Crippen molar-refractivity contribution in [3.05, 3.63) is 54.1 Å². The Morgan fingerprint density at radius 1 is 1.03 bits per heavy atom. The molecule has 32 heavy (non-hydrogen) atoms. The molecular weight excluding hydrogens is 430 g/mol. The van der Waals surface area contributed by atoms with E-state index in [0.717, 1.165) is 14.8 Å². The van der Waals surface area contributed by atoms with Crippen LogP contribution < -0.4 is 10.2 Å². The Balaban J connectivity index is 1.99. The van der Waals surface area contributed by atoms with Gasteiger partial charge in [-0.1, -0.05) is 17.7 Å². The van der Waals surface area contributed by atoms with Crippen LogP contribution in [0.5, 0.6) is 0 Å². The third-order valence-corrected chi connectivity index (χ3v) is 7.28. The predicted molar refractivity (Wildman–Crippen MR) is 122 cm³/mol. The maximum Gasteiger partial charge on any atom is 0.252 e. The summed E-state index contributed by atoms with van der Waals surface area (Å²) < 4.78 is 28.3. The molecule has 2 aromatic rings. The molecule has 1 heterocycles. The van der Waals surface area contributed by atoms with Crippen LogP contribution >= 0.6 is 0 Å². The molecule has 170 valence electrons. The van der Waals surface area contributed by atoms with Crippen molar-refractivity contribution in [3.8, 4) is 0 Å². The molecule has 3 rings (SSSR count). The highest BCUT2D eigenvalue weighted by molar-refractivity contribution is 7.89. The van der Waals surface area contributed by atoms with Crippen LogP contribution in [0.15, 0.2) is 53.4 Å². The Morgan fingerprint density at radius 3 is 2.09 bits per heavy atom. The largest absolute Gasteiger partial charge is 0.326 e. The van der Waals surface area contributed by atoms with Crippen LogP contribution in [0, 0.1) is 6.92 Å². The second-order valence-electron chi connectivity index (χ2n) is 8.80. The monoisotopic (exact) mass is 457 g/mol. The van der Waals surface area contributed by atoms with E-state index in [0.29, 0.717) is 11.4 Å². The SMILES string of the molecule is CC(=O)Nc1ccc(S(=O)(=O)N(C2CC(=O)N(c3ccc(C)cc3)C2=O)C(C)(C)C)cc1. The standard InChI is InChI=1S/C23H27N3O5S/c1-15-6-10-18(11-7-15)25-21(28)14-20(22(25)29)26(23(3,4)5)32(30,31)19-12-8-17(9-13-19)24-16(2)27/h6-13,20H,14H2,1-5H3,(H,24,27). The Hall–Kier alpha value is -3.04. The summed E-state index contributed by atoms with van der Waals surface area (Å²) in [5.41, 5.74) is 0.875. The minimum atomic E-state index is -4.14. The molecule has 1 saturated heterocycles. The first kappa shape index (κ1) is 23.6. The smallest absolute Gasteiger partial charge is 0.252 e. The van der Waals surface area contributed by atoms with Gasteiger partial charge in [-0.2, -0.15) is 4.31 Å². The lowest BCUT2D eigenvalue weighted by atomic mass is 10.1. The van der Waals surface area contributed by atoms with Crippen LogP contribution in [-0.4, -0.2) is 42.0 Å². The van der Waals surface area contributed by atoms with Gasteiger partial charge in [-0.25, -0.2) is 13.3 Å². The highest BCUT2D eigenvalue weighted by atomic mass is 32.2. The number of anilines is 2. The summed E-state index contributed by atoms with van der Waals surface area (Å²) in [6.45, 7) is 8.30. The number of nitrogens with zero attached hydrogens (tertiary/aromatic N) is 2. The van der Waals surface area contributed by atoms with E-state index in [1.54, 1.807) is 45.0 Å². The number of nitrogens with one attached hydrogen (secondary N) is 1. The molecule has 1 unspecified atom stereocenters. The van der Waals surface area contributed by atoms with Crippen LogP contribution in [0.4, 0.5) is 11.4 Å². The van der Waals surface area contributed by atoms with E-state index in [9.17, 15) is 22.8 Å². The van der Waals surface area contributed by atoms with Gasteiger partial charge in [0.1, 0.15) is 6.04 Å². The number of amides is 3. The molecular formula is C23H27N3O5S. The van der Waals surface area contributed by atoms with Crippen molar-refractivity contribution in [2.24, 2.45) is 0 Å². The number of rotatable bonds is 5. The maximum atomic E-state index is 13.6. The average Bonchev–Trinajstić information content (AvgIpc) is 2.95. The molecule has 0 spiro atoms. The number of sulfonamides is 1. The Morgan fingerprint density at radius 2 is 1.59 bits per heavy atom. The fourth-order valence-electron chi connectivity index (χ4n) is 3.79. The van der Waals surface area contributed by atoms with Crippen molar-refractivity contribution in [2.45, 2.75) is 57.5 Å². The van der Waals surface area contributed by atoms with Gasteiger partial charge in [0.2, 0.25) is 21.8 Å². The lowest BCUT2D eigenvalue weighted by molar-refractivity contribution is -0.122. The fraction of sp³-hybridized carbons (Fsp3) is 0.348. The second kappa shape index (κ2) is 8.48. The highest BCUT2D eigenvalue weighted by Gasteiger charge is 2.50. The van der Waals surface area contributed by atoms with Crippen LogP contribution in [0.1, 0.15) is 39.7 Å². The molecule has 0 aliphatic carbocycles. The number of hydrogen-bond donors (Lipinski definition) is 1. The molecule has 8 nitrogen and oxygen atoms in total. The number of imide groups is 1. The van der Waals surface area contributed by atoms with Crippen molar-refractivity contribution in [2.75, 3.05) is 10.2 Å². The van der Waals surface area contributed by atoms with Gasteiger partial charge in [0.05, 0.1) is 17.0 Å². The van der Waals surface area contributed by atoms with Gasteiger partial charge >= 0.3 is 0 Å². The number of hydrogen-bond acceptors (Lipinski definition) is 5. The van der Waals surface area contributed by atoms with Crippen LogP contribution in [-0.2, 0) is 24.4 Å². The minimum absolute atomic E-state index is 0.0319. The number of aryl methyl sites for hydroxylation is 1. The van der Waals surface area contributed by atoms with Gasteiger partial charge in [-0.3, -0.25) is 14.4 Å². The fourth-order valence-corrected chi connectivity index (χ4v) is 5.71. The number of carbonyl (C=O) groups excluding carboxylic acids is 3. The molecule has 2 aromatic carbocycles. The first-order chi connectivity index (χ1) is 14.8. The van der Waals surface area contributed by atoms with Crippen LogP contribution in [0.25, 0.3) is 0 Å². The first-order valence-corrected chi connectivity index (χ1v) is 11.6. The van der Waals surface area contributed by atoms with Crippen molar-refractivity contribution in [1.29, 1.82) is 0 Å². The maximum absolute atomic E-state index is 13.6. The third-order valence-electron chi connectivity index (χ3n) is 5.09. The molecule has 0 radical (unpaired) electrons. The summed E-state index contributed by atoms with van der Waals surface area (Å²) in [5, 5.41) is 2.59. The molecule has 1 aliphatic rings. The van der Waals surface area contributed by atoms with Gasteiger partial charge < -0.3 is 5.32 Å². The second-order valence-corrected chi connectivity index (χ2v) is 10.6. The van der Waals surface area contributed by atoms with Gasteiger partial charge in [0.25, 0.3) is 5.91 Å². The summed E-state index contributed by atoms with van der Waals surface area (Å²) in [5.74, 6) is -1.30. The molecule has 3 amide bonds. The lowest BCUT2D eigenvalue weighted by Gasteiger charge is -2.37. The quantitative estimate of drug-likeness (QED) is 0.695. The van der Waals surface area contributed by atoms with E-state index in [2.05, 4.69) is 5.32 Å². The van der Waals surface area contributed by atoms with Gasteiger partial charge in [0, 0.05) is 18.2 Å². The van der Waals surface area contributed by atoms with Crippen molar-refractivity contribution >= 4 is 39.1 Å². The summed E-state index contributed by atoms with van der Waals surface area (Å²) in [7, 11) is -4.14. The van der Waals surface area contributed by atoms with E-state index in [4.69, 9.17) is 0 Å². The molecule has 0 saturated carbocycles. The normalized spacial score (nSPS) is 17.2. The van der Waals surface area contributed by atoms with Gasteiger partial charge in [-0.15, -0.1) is 0 Å². The summed E-state index contributed by atoms with van der Waals surface area (Å²) in [6.07, 6.45) is -0.243. The van der Waals surface area contributed by atoms with Crippen molar-refractivity contribution < 1.29 is 22.8 Å². The Bertz CT molecular complexity index is 1150. The zero-order chi connectivity index (χ0) is 23.8. The van der Waals surface area contributed by atoms with Crippen molar-refractivity contribution in [3.63, 3.8) is 0 Å². The van der Waals surface area contributed by atoms with Crippen LogP contribution in [0.3, 0.4) is 0 Å². The van der Waals surface area contributed by atoms with Gasteiger partial charge in [0.15, 0.2) is 0 Å². The molecule has 1 atom stereocenters. The summed E-state index contributed by atoms with van der Waals surface area (Å²) in [6, 6.07) is 11.5. The zero-order valence-electron chi connectivity index (χ0n) is 18.7. The number of benzene rings is 2. The average molecular weight is 458 g/mol. The predicted octanol–water partition coefficient (Wildman–Crippen LogP) is 3.07. The topological polar surface area (TPSA) is 104 Å². The van der Waals surface area contributed by atoms with E-state index < -0.39 is 33.4 Å². The first-order valence-electron chi connectivity index (χ1n) is 10.2. The highest BCUT2D eigenvalue weighted by Crippen LogP contribution is 2.34. The molecule has 0 aromatic heterocycles. The zero-order valence-corrected chi connectivity index (χ0v) is 19.6. The van der Waals surface area contributed by atoms with Crippen LogP contribution in [0.2, 0.25) is 0 Å². The van der Waals surface area contributed by atoms with E-state index in [1.807, 2.05) is 6.92 Å². The Labute approximate surface area is 188 Å². The van der Waals surface area contributed by atoms with Gasteiger partial charge in [-0.05, 0) is 64.1 Å². The molecule has 0 bridgehead atoms. The molecule has 9 heteroatoms. The van der Waals surface area contributed by atoms with Crippen molar-refractivity contribution in [1.82, 2.24) is 4.31 Å². The molecule has 1 fully saturated rings. The van der Waals surface area contributed by atoms with E-state index in [1.165, 1.54) is 31.2 Å². The lowest BCUT2D eigenvalue weighted by Crippen LogP contribution is -2.54. The number of carbonyl (C=O) groups is 3. The summed E-state index contributed by atoms with van der Waals surface area (Å²) in [4.78, 5) is 38.3.